The Bertz CT molecular complexity index is 941. The predicted octanol–water partition coefficient (Wildman–Crippen LogP) is 4.19. The van der Waals surface area contributed by atoms with Crippen molar-refractivity contribution in [2.45, 2.75) is 33.2 Å². The molecular formula is C20H20N4. The van der Waals surface area contributed by atoms with Crippen LogP contribution in [-0.2, 0) is 0 Å². The Hall–Kier alpha value is -2.75. The number of hydrogen-bond donors (Lipinski definition) is 0. The topological polar surface area (TPSA) is 43.1 Å². The number of aromatic nitrogens is 3. The van der Waals surface area contributed by atoms with Crippen LogP contribution in [0.15, 0.2) is 53.5 Å². The Balaban J connectivity index is 1.98. The fraction of sp³-hybridized carbons (Fsp3) is 0.250. The highest BCUT2D eigenvalue weighted by Crippen LogP contribution is 2.34. The molecule has 1 aromatic heterocycles. The van der Waals surface area contributed by atoms with Crippen LogP contribution in [0.4, 0.5) is 0 Å². The van der Waals surface area contributed by atoms with Gasteiger partial charge in [0.2, 0.25) is 0 Å². The van der Waals surface area contributed by atoms with Crippen LogP contribution >= 0.6 is 0 Å². The molecule has 0 aliphatic carbocycles. The minimum atomic E-state index is -0.174. The summed E-state index contributed by atoms with van der Waals surface area (Å²) < 4.78 is 1.91. The Kier molecular flexibility index (Phi) is 3.17. The molecule has 1 aliphatic heterocycles. The highest BCUT2D eigenvalue weighted by atomic mass is 15.4. The smallest absolute Gasteiger partial charge is 0.123 e. The highest BCUT2D eigenvalue weighted by Gasteiger charge is 2.31. The van der Waals surface area contributed by atoms with Gasteiger partial charge >= 0.3 is 0 Å². The van der Waals surface area contributed by atoms with Gasteiger partial charge in [0.05, 0.1) is 16.9 Å². The number of aliphatic imine (C=N–C) groups is 1. The molecule has 0 bridgehead atoms. The maximum absolute atomic E-state index is 4.98. The molecule has 1 aliphatic rings. The summed E-state index contributed by atoms with van der Waals surface area (Å²) in [5.41, 5.74) is 7.12. The Morgan fingerprint density at radius 2 is 1.67 bits per heavy atom. The van der Waals surface area contributed by atoms with Crippen LogP contribution in [0.3, 0.4) is 0 Å². The molecule has 0 atom stereocenters. The van der Waals surface area contributed by atoms with E-state index in [1.54, 1.807) is 0 Å². The summed E-state index contributed by atoms with van der Waals surface area (Å²) in [6.07, 6.45) is 0. The van der Waals surface area contributed by atoms with E-state index in [1.165, 1.54) is 5.56 Å². The molecule has 0 unspecified atom stereocenters. The summed E-state index contributed by atoms with van der Waals surface area (Å²) in [7, 11) is 0. The molecule has 3 aromatic rings. The van der Waals surface area contributed by atoms with Crippen LogP contribution in [0, 0.1) is 6.92 Å². The predicted molar refractivity (Wildman–Crippen MR) is 96.9 cm³/mol. The van der Waals surface area contributed by atoms with Gasteiger partial charge in [-0.15, -0.1) is 5.10 Å². The van der Waals surface area contributed by atoms with Crippen LogP contribution in [0.25, 0.3) is 16.9 Å². The minimum absolute atomic E-state index is 0.174. The van der Waals surface area contributed by atoms with Gasteiger partial charge in [0.1, 0.15) is 11.4 Å². The third kappa shape index (κ3) is 2.35. The summed E-state index contributed by atoms with van der Waals surface area (Å²) in [4.78, 5) is 4.98. The van der Waals surface area contributed by atoms with Crippen molar-refractivity contribution < 1.29 is 0 Å². The fourth-order valence-electron chi connectivity index (χ4n) is 3.00. The first kappa shape index (κ1) is 14.8. The normalized spacial score (nSPS) is 14.8. The van der Waals surface area contributed by atoms with Gasteiger partial charge in [-0.25, -0.2) is 4.68 Å². The third-order valence-corrected chi connectivity index (χ3v) is 4.05. The van der Waals surface area contributed by atoms with Gasteiger partial charge in [0.25, 0.3) is 0 Å². The molecule has 2 aromatic carbocycles. The van der Waals surface area contributed by atoms with E-state index in [-0.39, 0.29) is 5.54 Å². The standard InChI is InChI=1S/C20H20N4/c1-13-9-11-14(12-10-13)17-19-18(21-20(2,3)4)15-7-5-6-8-16(15)24(19)23-22-17/h5-12H,1-4H3. The fourth-order valence-corrected chi connectivity index (χ4v) is 3.00. The second-order valence-electron chi connectivity index (χ2n) is 7.21. The average Bonchev–Trinajstić information content (AvgIpc) is 3.08. The lowest BCUT2D eigenvalue weighted by molar-refractivity contribution is 0.584. The van der Waals surface area contributed by atoms with Gasteiger partial charge < -0.3 is 0 Å². The second kappa shape index (κ2) is 5.13. The molecule has 4 rings (SSSR count). The van der Waals surface area contributed by atoms with Crippen molar-refractivity contribution in [2.24, 2.45) is 4.99 Å². The Morgan fingerprint density at radius 1 is 0.958 bits per heavy atom. The molecule has 0 amide bonds. The van der Waals surface area contributed by atoms with E-state index >= 15 is 0 Å². The SMILES string of the molecule is Cc1ccc(-c2nnn3c2C(=NC(C)(C)C)c2ccccc2-3)cc1. The van der Waals surface area contributed by atoms with Crippen molar-refractivity contribution in [2.75, 3.05) is 0 Å². The molecule has 0 spiro atoms. The maximum Gasteiger partial charge on any atom is 0.123 e. The molecule has 120 valence electrons. The molecule has 4 nitrogen and oxygen atoms in total. The van der Waals surface area contributed by atoms with Gasteiger partial charge in [-0.3, -0.25) is 4.99 Å². The van der Waals surface area contributed by atoms with Crippen molar-refractivity contribution in [1.29, 1.82) is 0 Å². The van der Waals surface area contributed by atoms with E-state index < -0.39 is 0 Å². The molecule has 2 heterocycles. The first-order valence-electron chi connectivity index (χ1n) is 8.17. The minimum Gasteiger partial charge on any atom is -0.277 e. The molecule has 4 heteroatoms. The number of nitrogens with zero attached hydrogens (tertiary/aromatic N) is 4. The number of aryl methyl sites for hydroxylation is 1. The van der Waals surface area contributed by atoms with Crippen LogP contribution in [0.5, 0.6) is 0 Å². The summed E-state index contributed by atoms with van der Waals surface area (Å²) in [6.45, 7) is 8.42. The number of benzene rings is 2. The molecule has 24 heavy (non-hydrogen) atoms. The largest absolute Gasteiger partial charge is 0.277 e. The van der Waals surface area contributed by atoms with Gasteiger partial charge in [0.15, 0.2) is 0 Å². The van der Waals surface area contributed by atoms with Gasteiger partial charge in [-0.1, -0.05) is 53.2 Å². The molecular weight excluding hydrogens is 296 g/mol. The molecule has 0 radical (unpaired) electrons. The maximum atomic E-state index is 4.98. The highest BCUT2D eigenvalue weighted by molar-refractivity contribution is 6.19. The summed E-state index contributed by atoms with van der Waals surface area (Å²) in [5, 5.41) is 8.85. The lowest BCUT2D eigenvalue weighted by Gasteiger charge is -2.14. The van der Waals surface area contributed by atoms with Gasteiger partial charge in [0, 0.05) is 11.1 Å². The molecule has 0 saturated heterocycles. The van der Waals surface area contributed by atoms with Crippen LogP contribution < -0.4 is 0 Å². The van der Waals surface area contributed by atoms with E-state index in [4.69, 9.17) is 4.99 Å². The van der Waals surface area contributed by atoms with Crippen molar-refractivity contribution in [3.05, 3.63) is 65.4 Å². The van der Waals surface area contributed by atoms with Crippen molar-refractivity contribution in [3.8, 4) is 16.9 Å². The van der Waals surface area contributed by atoms with E-state index in [9.17, 15) is 0 Å². The van der Waals surface area contributed by atoms with E-state index in [0.29, 0.717) is 0 Å². The zero-order chi connectivity index (χ0) is 16.9. The molecule has 0 saturated carbocycles. The summed E-state index contributed by atoms with van der Waals surface area (Å²) in [5.74, 6) is 0. The van der Waals surface area contributed by atoms with Gasteiger partial charge in [-0.2, -0.15) is 0 Å². The Morgan fingerprint density at radius 3 is 2.38 bits per heavy atom. The van der Waals surface area contributed by atoms with Crippen molar-refractivity contribution in [1.82, 2.24) is 15.0 Å². The number of para-hydroxylation sites is 1. The van der Waals surface area contributed by atoms with Crippen molar-refractivity contribution in [3.63, 3.8) is 0 Å². The first-order valence-corrected chi connectivity index (χ1v) is 8.17. The van der Waals surface area contributed by atoms with Crippen LogP contribution in [-0.4, -0.2) is 26.2 Å². The number of fused-ring (bicyclic) bond motifs is 3. The monoisotopic (exact) mass is 316 g/mol. The number of hydrogen-bond acceptors (Lipinski definition) is 3. The second-order valence-corrected chi connectivity index (χ2v) is 7.21. The number of rotatable bonds is 1. The van der Waals surface area contributed by atoms with E-state index in [2.05, 4.69) is 74.4 Å². The Labute approximate surface area is 141 Å². The summed E-state index contributed by atoms with van der Waals surface area (Å²) in [6, 6.07) is 16.6. The molecule has 0 N–H and O–H groups in total. The van der Waals surface area contributed by atoms with Crippen LogP contribution in [0.2, 0.25) is 0 Å². The van der Waals surface area contributed by atoms with Crippen molar-refractivity contribution >= 4 is 5.71 Å². The van der Waals surface area contributed by atoms with Crippen LogP contribution in [0.1, 0.15) is 37.6 Å². The lowest BCUT2D eigenvalue weighted by Crippen LogP contribution is -2.15. The lowest BCUT2D eigenvalue weighted by atomic mass is 10.0. The quantitative estimate of drug-likeness (QED) is 0.528. The van der Waals surface area contributed by atoms with E-state index in [1.807, 2.05) is 16.8 Å². The first-order chi connectivity index (χ1) is 11.4. The molecule has 0 fully saturated rings. The zero-order valence-electron chi connectivity index (χ0n) is 14.4. The summed E-state index contributed by atoms with van der Waals surface area (Å²) >= 11 is 0. The van der Waals surface area contributed by atoms with Gasteiger partial charge in [-0.05, 0) is 33.8 Å². The average molecular weight is 316 g/mol. The van der Waals surface area contributed by atoms with E-state index in [0.717, 1.165) is 33.9 Å². The zero-order valence-corrected chi connectivity index (χ0v) is 14.4. The third-order valence-electron chi connectivity index (χ3n) is 4.05.